The SMILES string of the molecule is CCC(CO)N(CCC(=O)OC)C(=O)c1ccc(Cl)c(Cl)c1. The Labute approximate surface area is 139 Å². The number of aliphatic hydroxyl groups excluding tert-OH is 1. The highest BCUT2D eigenvalue weighted by atomic mass is 35.5. The number of ether oxygens (including phenoxy) is 1. The molecule has 1 N–H and O–H groups in total. The largest absolute Gasteiger partial charge is 0.469 e. The minimum absolute atomic E-state index is 0.0556. The van der Waals surface area contributed by atoms with Crippen molar-refractivity contribution < 1.29 is 19.4 Å². The van der Waals surface area contributed by atoms with Crippen LogP contribution < -0.4 is 0 Å². The summed E-state index contributed by atoms with van der Waals surface area (Å²) in [6.07, 6.45) is 0.616. The lowest BCUT2D eigenvalue weighted by Crippen LogP contribution is -2.43. The number of esters is 1. The molecule has 0 radical (unpaired) electrons. The van der Waals surface area contributed by atoms with Gasteiger partial charge in [-0.05, 0) is 24.6 Å². The molecule has 0 saturated heterocycles. The monoisotopic (exact) mass is 347 g/mol. The van der Waals surface area contributed by atoms with E-state index in [-0.39, 0.29) is 36.5 Å². The molecule has 0 aliphatic heterocycles. The van der Waals surface area contributed by atoms with Crippen LogP contribution in [0.5, 0.6) is 0 Å². The van der Waals surface area contributed by atoms with E-state index >= 15 is 0 Å². The Morgan fingerprint density at radius 3 is 2.50 bits per heavy atom. The van der Waals surface area contributed by atoms with Gasteiger partial charge in [0.1, 0.15) is 0 Å². The number of rotatable bonds is 7. The third-order valence-corrected chi connectivity index (χ3v) is 4.07. The molecule has 1 unspecified atom stereocenters. The quantitative estimate of drug-likeness (QED) is 0.770. The second kappa shape index (κ2) is 8.98. The van der Waals surface area contributed by atoms with E-state index in [0.29, 0.717) is 17.0 Å². The fraction of sp³-hybridized carbons (Fsp3) is 0.467. The average molecular weight is 348 g/mol. The van der Waals surface area contributed by atoms with Crippen LogP contribution in [0.3, 0.4) is 0 Å². The number of hydrogen-bond donors (Lipinski definition) is 1. The summed E-state index contributed by atoms with van der Waals surface area (Å²) >= 11 is 11.8. The highest BCUT2D eigenvalue weighted by Crippen LogP contribution is 2.24. The van der Waals surface area contributed by atoms with Gasteiger partial charge in [-0.1, -0.05) is 30.1 Å². The molecule has 0 aliphatic rings. The Bertz CT molecular complexity index is 532. The maximum Gasteiger partial charge on any atom is 0.307 e. The zero-order valence-corrected chi connectivity index (χ0v) is 14.0. The number of nitrogens with zero attached hydrogens (tertiary/aromatic N) is 1. The van der Waals surface area contributed by atoms with Crippen molar-refractivity contribution in [3.63, 3.8) is 0 Å². The molecule has 1 aromatic rings. The maximum absolute atomic E-state index is 12.6. The first-order chi connectivity index (χ1) is 10.4. The molecule has 122 valence electrons. The lowest BCUT2D eigenvalue weighted by Gasteiger charge is -2.30. The zero-order valence-electron chi connectivity index (χ0n) is 12.5. The molecule has 0 heterocycles. The van der Waals surface area contributed by atoms with Crippen LogP contribution in [-0.2, 0) is 9.53 Å². The van der Waals surface area contributed by atoms with Gasteiger partial charge in [0.15, 0.2) is 0 Å². The summed E-state index contributed by atoms with van der Waals surface area (Å²) in [6, 6.07) is 4.19. The molecular weight excluding hydrogens is 329 g/mol. The Balaban J connectivity index is 2.99. The Morgan fingerprint density at radius 1 is 1.32 bits per heavy atom. The summed E-state index contributed by atoms with van der Waals surface area (Å²) in [5.41, 5.74) is 0.353. The van der Waals surface area contributed by atoms with E-state index in [1.807, 2.05) is 6.92 Å². The van der Waals surface area contributed by atoms with Crippen LogP contribution in [0.15, 0.2) is 18.2 Å². The number of benzene rings is 1. The van der Waals surface area contributed by atoms with Gasteiger partial charge in [-0.15, -0.1) is 0 Å². The van der Waals surface area contributed by atoms with Crippen LogP contribution >= 0.6 is 23.2 Å². The van der Waals surface area contributed by atoms with E-state index < -0.39 is 5.97 Å². The highest BCUT2D eigenvalue weighted by molar-refractivity contribution is 6.42. The molecule has 0 aliphatic carbocycles. The van der Waals surface area contributed by atoms with Crippen molar-refractivity contribution in [2.24, 2.45) is 0 Å². The van der Waals surface area contributed by atoms with Crippen molar-refractivity contribution in [3.8, 4) is 0 Å². The predicted molar refractivity (Wildman–Crippen MR) is 85.3 cm³/mol. The van der Waals surface area contributed by atoms with Crippen molar-refractivity contribution in [2.45, 2.75) is 25.8 Å². The minimum atomic E-state index is -0.417. The standard InChI is InChI=1S/C15H19Cl2NO4/c1-3-11(9-19)18(7-6-14(20)22-2)15(21)10-4-5-12(16)13(17)8-10/h4-5,8,11,19H,3,6-7,9H2,1-2H3. The number of hydrogen-bond acceptors (Lipinski definition) is 4. The first-order valence-corrected chi connectivity index (χ1v) is 7.63. The summed E-state index contributed by atoms with van der Waals surface area (Å²) in [7, 11) is 1.29. The number of methoxy groups -OCH3 is 1. The third kappa shape index (κ3) is 4.87. The van der Waals surface area contributed by atoms with Crippen molar-refractivity contribution in [1.29, 1.82) is 0 Å². The van der Waals surface area contributed by atoms with Gasteiger partial charge < -0.3 is 14.7 Å². The molecule has 0 bridgehead atoms. The van der Waals surface area contributed by atoms with Crippen molar-refractivity contribution in [1.82, 2.24) is 4.90 Å². The maximum atomic E-state index is 12.6. The summed E-state index contributed by atoms with van der Waals surface area (Å²) < 4.78 is 4.59. The zero-order chi connectivity index (χ0) is 16.7. The van der Waals surface area contributed by atoms with E-state index in [1.165, 1.54) is 24.1 Å². The molecule has 1 atom stereocenters. The van der Waals surface area contributed by atoms with Gasteiger partial charge in [0.25, 0.3) is 5.91 Å². The number of amides is 1. The summed E-state index contributed by atoms with van der Waals surface area (Å²) in [6.45, 7) is 1.82. The third-order valence-electron chi connectivity index (χ3n) is 3.33. The summed E-state index contributed by atoms with van der Waals surface area (Å²) in [5, 5.41) is 10.1. The van der Waals surface area contributed by atoms with Gasteiger partial charge in [0, 0.05) is 12.1 Å². The molecule has 0 fully saturated rings. The van der Waals surface area contributed by atoms with E-state index in [4.69, 9.17) is 23.2 Å². The first kappa shape index (κ1) is 18.7. The lowest BCUT2D eigenvalue weighted by atomic mass is 10.1. The van der Waals surface area contributed by atoms with Crippen molar-refractivity contribution in [3.05, 3.63) is 33.8 Å². The van der Waals surface area contributed by atoms with Crippen LogP contribution in [0.1, 0.15) is 30.1 Å². The minimum Gasteiger partial charge on any atom is -0.469 e. The molecule has 7 heteroatoms. The molecule has 1 rings (SSSR count). The van der Waals surface area contributed by atoms with Crippen LogP contribution in [0.4, 0.5) is 0 Å². The van der Waals surface area contributed by atoms with Crippen LogP contribution in [0.25, 0.3) is 0 Å². The number of carbonyl (C=O) groups excluding carboxylic acids is 2. The molecule has 0 spiro atoms. The molecule has 5 nitrogen and oxygen atoms in total. The van der Waals surface area contributed by atoms with Gasteiger partial charge in [-0.3, -0.25) is 9.59 Å². The van der Waals surface area contributed by atoms with E-state index in [2.05, 4.69) is 4.74 Å². The fourth-order valence-electron chi connectivity index (χ4n) is 2.01. The predicted octanol–water partition coefficient (Wildman–Crippen LogP) is 2.77. The number of halogens is 2. The summed E-state index contributed by atoms with van der Waals surface area (Å²) in [5.74, 6) is -0.733. The van der Waals surface area contributed by atoms with E-state index in [9.17, 15) is 14.7 Å². The highest BCUT2D eigenvalue weighted by Gasteiger charge is 2.24. The number of aliphatic hydroxyl groups is 1. The molecular formula is C15H19Cl2NO4. The van der Waals surface area contributed by atoms with Gasteiger partial charge in [-0.25, -0.2) is 0 Å². The smallest absolute Gasteiger partial charge is 0.307 e. The second-order valence-electron chi connectivity index (χ2n) is 4.70. The van der Waals surface area contributed by atoms with Crippen LogP contribution in [-0.4, -0.2) is 48.2 Å². The van der Waals surface area contributed by atoms with Crippen molar-refractivity contribution >= 4 is 35.1 Å². The first-order valence-electron chi connectivity index (χ1n) is 6.88. The fourth-order valence-corrected chi connectivity index (χ4v) is 2.30. The molecule has 1 aromatic carbocycles. The van der Waals surface area contributed by atoms with Crippen molar-refractivity contribution in [2.75, 3.05) is 20.3 Å². The second-order valence-corrected chi connectivity index (χ2v) is 5.51. The van der Waals surface area contributed by atoms with Crippen LogP contribution in [0.2, 0.25) is 10.0 Å². The number of carbonyl (C=O) groups is 2. The molecule has 0 saturated carbocycles. The van der Waals surface area contributed by atoms with Gasteiger partial charge in [0.05, 0.1) is 36.2 Å². The topological polar surface area (TPSA) is 66.8 Å². The van der Waals surface area contributed by atoms with Crippen LogP contribution in [0, 0.1) is 0 Å². The van der Waals surface area contributed by atoms with Gasteiger partial charge in [0.2, 0.25) is 0 Å². The summed E-state index contributed by atoms with van der Waals surface area (Å²) in [4.78, 5) is 25.4. The molecule has 1 amide bonds. The Kier molecular flexibility index (Phi) is 7.65. The van der Waals surface area contributed by atoms with Gasteiger partial charge >= 0.3 is 5.97 Å². The van der Waals surface area contributed by atoms with E-state index in [1.54, 1.807) is 6.07 Å². The Hall–Kier alpha value is -1.30. The Morgan fingerprint density at radius 2 is 2.00 bits per heavy atom. The molecule has 22 heavy (non-hydrogen) atoms. The average Bonchev–Trinajstić information content (AvgIpc) is 2.53. The lowest BCUT2D eigenvalue weighted by molar-refractivity contribution is -0.140. The van der Waals surface area contributed by atoms with E-state index in [0.717, 1.165) is 0 Å². The van der Waals surface area contributed by atoms with Gasteiger partial charge in [-0.2, -0.15) is 0 Å². The normalized spacial score (nSPS) is 11.9. The molecule has 0 aromatic heterocycles.